The molecule has 4 rings (SSSR count). The van der Waals surface area contributed by atoms with Crippen molar-refractivity contribution in [3.63, 3.8) is 0 Å². The van der Waals surface area contributed by atoms with Gasteiger partial charge in [-0.1, -0.05) is 22.9 Å². The number of benzene rings is 1. The van der Waals surface area contributed by atoms with Crippen LogP contribution in [0.15, 0.2) is 41.2 Å². The molecule has 0 saturated carbocycles. The Morgan fingerprint density at radius 2 is 2.04 bits per heavy atom. The van der Waals surface area contributed by atoms with E-state index in [0.717, 1.165) is 11.4 Å². The average molecular weight is 353 g/mol. The number of aryl methyl sites for hydroxylation is 2. The van der Waals surface area contributed by atoms with Gasteiger partial charge in [-0.2, -0.15) is 10.1 Å². The van der Waals surface area contributed by atoms with Crippen LogP contribution in [-0.4, -0.2) is 50.4 Å². The van der Waals surface area contributed by atoms with Crippen LogP contribution >= 0.6 is 0 Å². The number of morpholine rings is 1. The lowest BCUT2D eigenvalue weighted by atomic mass is 10.2. The molecule has 1 fully saturated rings. The fourth-order valence-corrected chi connectivity index (χ4v) is 3.00. The Kier molecular flexibility index (Phi) is 4.26. The topological polar surface area (TPSA) is 86.3 Å². The molecule has 8 nitrogen and oxygen atoms in total. The number of hydrogen-bond acceptors (Lipinski definition) is 6. The largest absolute Gasteiger partial charge is 0.366 e. The van der Waals surface area contributed by atoms with Crippen LogP contribution < -0.4 is 0 Å². The number of nitrogens with zero attached hydrogens (tertiary/aromatic N) is 5. The van der Waals surface area contributed by atoms with E-state index in [1.807, 2.05) is 38.1 Å². The van der Waals surface area contributed by atoms with Crippen molar-refractivity contribution in [1.82, 2.24) is 24.8 Å². The van der Waals surface area contributed by atoms with Gasteiger partial charge in [0.2, 0.25) is 12.2 Å². The van der Waals surface area contributed by atoms with Gasteiger partial charge < -0.3 is 14.2 Å². The molecule has 0 N–H and O–H groups in total. The zero-order valence-electron chi connectivity index (χ0n) is 14.6. The number of rotatable bonds is 3. The summed E-state index contributed by atoms with van der Waals surface area (Å²) in [6.45, 7) is 5.26. The number of amides is 1. The molecule has 0 radical (unpaired) electrons. The summed E-state index contributed by atoms with van der Waals surface area (Å²) in [5.74, 6) is 0.319. The lowest BCUT2D eigenvalue weighted by Gasteiger charge is -2.30. The number of hydrogen-bond donors (Lipinski definition) is 0. The van der Waals surface area contributed by atoms with Crippen molar-refractivity contribution in [2.75, 3.05) is 19.7 Å². The molecule has 0 spiro atoms. The molecular formula is C18H19N5O3. The third-order valence-corrected chi connectivity index (χ3v) is 4.41. The minimum atomic E-state index is -0.383. The van der Waals surface area contributed by atoms with E-state index in [2.05, 4.69) is 15.2 Å². The summed E-state index contributed by atoms with van der Waals surface area (Å²) >= 11 is 0. The highest BCUT2D eigenvalue weighted by Gasteiger charge is 2.30. The van der Waals surface area contributed by atoms with Gasteiger partial charge in [0.25, 0.3) is 5.91 Å². The molecule has 1 atom stereocenters. The maximum absolute atomic E-state index is 12.9. The molecule has 0 aliphatic carbocycles. The van der Waals surface area contributed by atoms with E-state index in [4.69, 9.17) is 9.26 Å². The molecule has 1 saturated heterocycles. The van der Waals surface area contributed by atoms with Gasteiger partial charge in [-0.25, -0.2) is 4.68 Å². The molecule has 1 aliphatic heterocycles. The first-order chi connectivity index (χ1) is 12.6. The van der Waals surface area contributed by atoms with Crippen LogP contribution in [0.2, 0.25) is 0 Å². The van der Waals surface area contributed by atoms with Crippen LogP contribution in [0.3, 0.4) is 0 Å². The van der Waals surface area contributed by atoms with Crippen LogP contribution in [0.4, 0.5) is 0 Å². The molecule has 3 aromatic rings. The SMILES string of the molecule is Cc1ccc(-n2nc(C(=O)N3CCOC(c4ncon4)C3)cc2C)cc1. The predicted molar refractivity (Wildman–Crippen MR) is 91.9 cm³/mol. The molecule has 26 heavy (non-hydrogen) atoms. The third kappa shape index (κ3) is 3.11. The van der Waals surface area contributed by atoms with E-state index < -0.39 is 0 Å². The Bertz CT molecular complexity index is 902. The van der Waals surface area contributed by atoms with E-state index in [1.54, 1.807) is 15.6 Å². The van der Waals surface area contributed by atoms with Gasteiger partial charge >= 0.3 is 0 Å². The molecule has 3 heterocycles. The molecular weight excluding hydrogens is 334 g/mol. The molecule has 8 heteroatoms. The predicted octanol–water partition coefficient (Wildman–Crippen LogP) is 2.09. The Balaban J connectivity index is 1.55. The van der Waals surface area contributed by atoms with Crippen molar-refractivity contribution >= 4 is 5.91 Å². The zero-order valence-corrected chi connectivity index (χ0v) is 14.6. The second kappa shape index (κ2) is 6.72. The first-order valence-corrected chi connectivity index (χ1v) is 8.42. The van der Waals surface area contributed by atoms with Gasteiger partial charge in [-0.15, -0.1) is 0 Å². The van der Waals surface area contributed by atoms with Gasteiger partial charge in [0.15, 0.2) is 5.69 Å². The minimum Gasteiger partial charge on any atom is -0.366 e. The van der Waals surface area contributed by atoms with Gasteiger partial charge in [-0.05, 0) is 32.0 Å². The van der Waals surface area contributed by atoms with Gasteiger partial charge in [0, 0.05) is 12.2 Å². The molecule has 2 aromatic heterocycles. The van der Waals surface area contributed by atoms with Crippen LogP contribution in [-0.2, 0) is 4.74 Å². The molecule has 1 aromatic carbocycles. The van der Waals surface area contributed by atoms with E-state index in [0.29, 0.717) is 31.2 Å². The second-order valence-corrected chi connectivity index (χ2v) is 6.32. The molecule has 1 aliphatic rings. The Morgan fingerprint density at radius 3 is 2.77 bits per heavy atom. The Morgan fingerprint density at radius 1 is 1.23 bits per heavy atom. The van der Waals surface area contributed by atoms with Crippen molar-refractivity contribution in [3.05, 3.63) is 59.5 Å². The maximum atomic E-state index is 12.9. The molecule has 1 amide bonds. The maximum Gasteiger partial charge on any atom is 0.274 e. The zero-order chi connectivity index (χ0) is 18.1. The van der Waals surface area contributed by atoms with Crippen LogP contribution in [0.5, 0.6) is 0 Å². The summed E-state index contributed by atoms with van der Waals surface area (Å²) in [4.78, 5) is 18.6. The Hall–Kier alpha value is -3.00. The van der Waals surface area contributed by atoms with Crippen molar-refractivity contribution in [2.24, 2.45) is 0 Å². The lowest BCUT2D eigenvalue weighted by Crippen LogP contribution is -2.42. The molecule has 134 valence electrons. The summed E-state index contributed by atoms with van der Waals surface area (Å²) in [7, 11) is 0. The fraction of sp³-hybridized carbons (Fsp3) is 0.333. The van der Waals surface area contributed by atoms with Crippen LogP contribution in [0, 0.1) is 13.8 Å². The van der Waals surface area contributed by atoms with Crippen molar-refractivity contribution in [1.29, 1.82) is 0 Å². The average Bonchev–Trinajstić information content (AvgIpc) is 3.32. The quantitative estimate of drug-likeness (QED) is 0.717. The van der Waals surface area contributed by atoms with Gasteiger partial charge in [-0.3, -0.25) is 4.79 Å². The Labute approximate surface area is 150 Å². The first-order valence-electron chi connectivity index (χ1n) is 8.42. The van der Waals surface area contributed by atoms with Crippen LogP contribution in [0.25, 0.3) is 5.69 Å². The first kappa shape index (κ1) is 16.5. The van der Waals surface area contributed by atoms with Crippen molar-refractivity contribution < 1.29 is 14.1 Å². The smallest absolute Gasteiger partial charge is 0.274 e. The number of aromatic nitrogens is 4. The minimum absolute atomic E-state index is 0.129. The monoisotopic (exact) mass is 353 g/mol. The highest BCUT2D eigenvalue weighted by Crippen LogP contribution is 2.21. The fourth-order valence-electron chi connectivity index (χ4n) is 3.00. The summed E-state index contributed by atoms with van der Waals surface area (Å²) in [5, 5.41) is 8.31. The highest BCUT2D eigenvalue weighted by atomic mass is 16.5. The van der Waals surface area contributed by atoms with Gasteiger partial charge in [0.1, 0.15) is 6.10 Å². The summed E-state index contributed by atoms with van der Waals surface area (Å²) in [6, 6.07) is 9.83. The van der Waals surface area contributed by atoms with Crippen molar-refractivity contribution in [2.45, 2.75) is 20.0 Å². The lowest BCUT2D eigenvalue weighted by molar-refractivity contribution is -0.0278. The van der Waals surface area contributed by atoms with Gasteiger partial charge in [0.05, 0.1) is 18.8 Å². The highest BCUT2D eigenvalue weighted by molar-refractivity contribution is 5.92. The molecule has 0 bridgehead atoms. The van der Waals surface area contributed by atoms with E-state index in [1.165, 1.54) is 12.0 Å². The standard InChI is InChI=1S/C18H19N5O3/c1-12-3-5-14(6-4-12)23-13(2)9-15(20-23)18(24)22-7-8-25-16(10-22)17-19-11-26-21-17/h3-6,9,11,16H,7-8,10H2,1-2H3. The normalized spacial score (nSPS) is 17.5. The number of carbonyl (C=O) groups excluding carboxylic acids is 1. The van der Waals surface area contributed by atoms with E-state index in [9.17, 15) is 4.79 Å². The van der Waals surface area contributed by atoms with E-state index >= 15 is 0 Å². The number of carbonyl (C=O) groups is 1. The summed E-state index contributed by atoms with van der Waals surface area (Å²) in [6.07, 6.45) is 0.873. The van der Waals surface area contributed by atoms with Crippen molar-refractivity contribution in [3.8, 4) is 5.69 Å². The summed E-state index contributed by atoms with van der Waals surface area (Å²) in [5.41, 5.74) is 3.42. The van der Waals surface area contributed by atoms with E-state index in [-0.39, 0.29) is 12.0 Å². The number of ether oxygens (including phenoxy) is 1. The summed E-state index contributed by atoms with van der Waals surface area (Å²) < 4.78 is 12.2. The van der Waals surface area contributed by atoms with Crippen LogP contribution in [0.1, 0.15) is 33.7 Å². The molecule has 1 unspecified atom stereocenters. The second-order valence-electron chi connectivity index (χ2n) is 6.32. The third-order valence-electron chi connectivity index (χ3n) is 4.41.